The number of aromatic nitrogens is 1. The van der Waals surface area contributed by atoms with Crippen molar-refractivity contribution in [1.29, 1.82) is 0 Å². The summed E-state index contributed by atoms with van der Waals surface area (Å²) in [6, 6.07) is 9.24. The maximum absolute atomic E-state index is 12.6. The first kappa shape index (κ1) is 22.4. The summed E-state index contributed by atoms with van der Waals surface area (Å²) in [6.07, 6.45) is 1.63. The van der Waals surface area contributed by atoms with Crippen molar-refractivity contribution >= 4 is 23.3 Å². The Morgan fingerprint density at radius 2 is 2.15 bits per heavy atom. The summed E-state index contributed by atoms with van der Waals surface area (Å²) in [5.74, 6) is -1.13. The number of aliphatic carboxylic acids is 1. The number of pyridine rings is 1. The molecule has 1 amide bonds. The standard InChI is InChI=1S/C23H20F3N3O4/c1-29-13-17(18-10-22(18,21(29)32)8-7-20(30)31)15-5-6-19(28-12-15)27-11-14-3-2-4-16(9-14)33-23(24,25)26/h2-9,12-13,18H,10-11H2,1H3,(H,27,28)(H,30,31)/b8-7+. The number of nitrogens with zero attached hydrogens (tertiary/aromatic N) is 2. The van der Waals surface area contributed by atoms with Crippen LogP contribution in [-0.4, -0.2) is 40.3 Å². The third kappa shape index (κ3) is 4.84. The number of carbonyl (C=O) groups is 2. The smallest absolute Gasteiger partial charge is 0.478 e. The molecule has 2 aliphatic rings. The molecule has 2 heterocycles. The minimum Gasteiger partial charge on any atom is -0.478 e. The molecule has 0 spiro atoms. The Hall–Kier alpha value is -3.82. The minimum absolute atomic E-state index is 0.117. The average Bonchev–Trinajstić information content (AvgIpc) is 3.49. The lowest BCUT2D eigenvalue weighted by Gasteiger charge is -2.26. The summed E-state index contributed by atoms with van der Waals surface area (Å²) in [4.78, 5) is 29.3. The first-order valence-corrected chi connectivity index (χ1v) is 10.0. The fraction of sp³-hybridized carbons (Fsp3) is 0.261. The first-order chi connectivity index (χ1) is 15.6. The number of hydrogen-bond acceptors (Lipinski definition) is 5. The quantitative estimate of drug-likeness (QED) is 0.607. The molecular weight excluding hydrogens is 439 g/mol. The molecule has 1 aliphatic heterocycles. The lowest BCUT2D eigenvalue weighted by Crippen LogP contribution is -2.34. The predicted molar refractivity (Wildman–Crippen MR) is 113 cm³/mol. The molecule has 2 atom stereocenters. The van der Waals surface area contributed by atoms with E-state index in [1.807, 2.05) is 6.07 Å². The zero-order valence-corrected chi connectivity index (χ0v) is 17.5. The highest BCUT2D eigenvalue weighted by Crippen LogP contribution is 2.63. The fourth-order valence-corrected chi connectivity index (χ4v) is 4.05. The van der Waals surface area contributed by atoms with E-state index >= 15 is 0 Å². The van der Waals surface area contributed by atoms with E-state index in [1.54, 1.807) is 31.6 Å². The van der Waals surface area contributed by atoms with Gasteiger partial charge < -0.3 is 20.1 Å². The van der Waals surface area contributed by atoms with Crippen molar-refractivity contribution in [3.8, 4) is 5.75 Å². The molecule has 0 saturated heterocycles. The molecule has 4 rings (SSSR count). The number of rotatable bonds is 7. The summed E-state index contributed by atoms with van der Waals surface area (Å²) >= 11 is 0. The number of anilines is 1. The van der Waals surface area contributed by atoms with Crippen molar-refractivity contribution in [3.63, 3.8) is 0 Å². The third-order valence-corrected chi connectivity index (χ3v) is 5.66. The van der Waals surface area contributed by atoms with Crippen molar-refractivity contribution in [2.24, 2.45) is 11.3 Å². The van der Waals surface area contributed by atoms with Gasteiger partial charge in [-0.1, -0.05) is 18.2 Å². The Morgan fingerprint density at radius 3 is 2.82 bits per heavy atom. The molecule has 7 nitrogen and oxygen atoms in total. The fourth-order valence-electron chi connectivity index (χ4n) is 4.05. The molecule has 1 aromatic carbocycles. The van der Waals surface area contributed by atoms with Crippen LogP contribution in [0.1, 0.15) is 17.5 Å². The normalized spacial score (nSPS) is 22.1. The summed E-state index contributed by atoms with van der Waals surface area (Å²) in [5, 5.41) is 12.0. The second-order valence-corrected chi connectivity index (χ2v) is 7.95. The Kier molecular flexibility index (Phi) is 5.61. The number of fused-ring (bicyclic) bond motifs is 1. The van der Waals surface area contributed by atoms with Crippen LogP contribution in [0.15, 0.2) is 60.9 Å². The van der Waals surface area contributed by atoms with Gasteiger partial charge in [-0.2, -0.15) is 0 Å². The van der Waals surface area contributed by atoms with Crippen LogP contribution in [-0.2, 0) is 16.1 Å². The van der Waals surface area contributed by atoms with Crippen molar-refractivity contribution in [1.82, 2.24) is 9.88 Å². The summed E-state index contributed by atoms with van der Waals surface area (Å²) in [5.41, 5.74) is 1.45. The number of carboxylic acids is 1. The third-order valence-electron chi connectivity index (χ3n) is 5.66. The van der Waals surface area contributed by atoms with Gasteiger partial charge in [-0.25, -0.2) is 9.78 Å². The Bertz CT molecular complexity index is 1140. The number of hydrogen-bond donors (Lipinski definition) is 2. The minimum atomic E-state index is -4.75. The van der Waals surface area contributed by atoms with Gasteiger partial charge in [0.2, 0.25) is 5.91 Å². The highest BCUT2D eigenvalue weighted by atomic mass is 19.4. The molecule has 2 aromatic rings. The Balaban J connectivity index is 1.44. The highest BCUT2D eigenvalue weighted by Gasteiger charge is 2.62. The molecule has 10 heteroatoms. The van der Waals surface area contributed by atoms with E-state index in [0.717, 1.165) is 17.2 Å². The van der Waals surface area contributed by atoms with Crippen molar-refractivity contribution < 1.29 is 32.6 Å². The molecule has 1 saturated carbocycles. The Morgan fingerprint density at radius 1 is 1.36 bits per heavy atom. The van der Waals surface area contributed by atoms with Gasteiger partial charge in [0.05, 0.1) is 5.41 Å². The van der Waals surface area contributed by atoms with Crippen LogP contribution in [0.5, 0.6) is 5.75 Å². The maximum Gasteiger partial charge on any atom is 0.573 e. The van der Waals surface area contributed by atoms with Gasteiger partial charge in [0, 0.05) is 38.0 Å². The van der Waals surface area contributed by atoms with Crippen LogP contribution < -0.4 is 10.1 Å². The van der Waals surface area contributed by atoms with E-state index in [1.165, 1.54) is 29.2 Å². The number of carbonyl (C=O) groups excluding carboxylic acids is 1. The van der Waals surface area contributed by atoms with Crippen molar-refractivity contribution in [3.05, 3.63) is 72.1 Å². The molecule has 1 aliphatic carbocycles. The topological polar surface area (TPSA) is 91.8 Å². The number of ether oxygens (including phenoxy) is 1. The molecule has 2 N–H and O–H groups in total. The van der Waals surface area contributed by atoms with E-state index < -0.39 is 17.7 Å². The van der Waals surface area contributed by atoms with Crippen LogP contribution >= 0.6 is 0 Å². The maximum atomic E-state index is 12.6. The number of halogens is 3. The van der Waals surface area contributed by atoms with E-state index in [2.05, 4.69) is 15.0 Å². The number of amides is 1. The molecular formula is C23H20F3N3O4. The predicted octanol–water partition coefficient (Wildman–Crippen LogP) is 4.05. The molecule has 172 valence electrons. The number of alkyl halides is 3. The molecule has 2 unspecified atom stereocenters. The van der Waals surface area contributed by atoms with Gasteiger partial charge in [-0.3, -0.25) is 4.79 Å². The molecule has 1 fully saturated rings. The van der Waals surface area contributed by atoms with Gasteiger partial charge >= 0.3 is 12.3 Å². The van der Waals surface area contributed by atoms with E-state index in [9.17, 15) is 22.8 Å². The second kappa shape index (κ2) is 8.27. The zero-order valence-electron chi connectivity index (χ0n) is 17.5. The number of carboxylic acid groups (broad SMARTS) is 1. The average molecular weight is 459 g/mol. The number of allylic oxidation sites excluding steroid dienone is 1. The highest BCUT2D eigenvalue weighted by molar-refractivity contribution is 5.98. The lowest BCUT2D eigenvalue weighted by atomic mass is 9.91. The van der Waals surface area contributed by atoms with Crippen molar-refractivity contribution in [2.75, 3.05) is 12.4 Å². The zero-order chi connectivity index (χ0) is 23.8. The number of nitrogens with one attached hydrogen (secondary N) is 1. The number of benzene rings is 1. The molecule has 0 radical (unpaired) electrons. The summed E-state index contributed by atoms with van der Waals surface area (Å²) < 4.78 is 41.1. The van der Waals surface area contributed by atoms with Gasteiger partial charge in [-0.15, -0.1) is 13.2 Å². The Labute approximate surface area is 187 Å². The van der Waals surface area contributed by atoms with Crippen LogP contribution in [0.3, 0.4) is 0 Å². The molecule has 33 heavy (non-hydrogen) atoms. The van der Waals surface area contributed by atoms with Crippen LogP contribution in [0, 0.1) is 11.3 Å². The monoisotopic (exact) mass is 459 g/mol. The largest absolute Gasteiger partial charge is 0.573 e. The van der Waals surface area contributed by atoms with Crippen LogP contribution in [0.25, 0.3) is 5.57 Å². The van der Waals surface area contributed by atoms with Gasteiger partial charge in [0.1, 0.15) is 11.6 Å². The van der Waals surface area contributed by atoms with Gasteiger partial charge in [0.15, 0.2) is 0 Å². The summed E-state index contributed by atoms with van der Waals surface area (Å²) in [6.45, 7) is 0.243. The lowest BCUT2D eigenvalue weighted by molar-refractivity contribution is -0.274. The van der Waals surface area contributed by atoms with E-state index in [0.29, 0.717) is 17.8 Å². The van der Waals surface area contributed by atoms with E-state index in [4.69, 9.17) is 5.11 Å². The first-order valence-electron chi connectivity index (χ1n) is 10.0. The summed E-state index contributed by atoms with van der Waals surface area (Å²) in [7, 11) is 1.63. The second-order valence-electron chi connectivity index (χ2n) is 7.95. The molecule has 1 aromatic heterocycles. The van der Waals surface area contributed by atoms with Gasteiger partial charge in [-0.05, 0) is 47.4 Å². The van der Waals surface area contributed by atoms with Crippen LogP contribution in [0.2, 0.25) is 0 Å². The SMILES string of the molecule is CN1C=C(c2ccc(NCc3cccc(OC(F)(F)F)c3)nc2)C2CC2(/C=C/C(=O)O)C1=O. The van der Waals surface area contributed by atoms with Crippen molar-refractivity contribution in [2.45, 2.75) is 19.3 Å². The van der Waals surface area contributed by atoms with Crippen LogP contribution in [0.4, 0.5) is 19.0 Å². The molecule has 0 bridgehead atoms. The van der Waals surface area contributed by atoms with E-state index in [-0.39, 0.29) is 24.1 Å². The van der Waals surface area contributed by atoms with Gasteiger partial charge in [0.25, 0.3) is 0 Å².